The highest BCUT2D eigenvalue weighted by Crippen LogP contribution is 2.41. The SMILES string of the molecule is O=C(O)C[C@H]1CN(S(=O)(=O)c2cccc(Cl)c2)c2ccccc21. The Bertz CT molecular complexity index is 866. The van der Waals surface area contributed by atoms with Gasteiger partial charge >= 0.3 is 5.97 Å². The Labute approximate surface area is 139 Å². The molecule has 120 valence electrons. The van der Waals surface area contributed by atoms with Gasteiger partial charge in [-0.15, -0.1) is 0 Å². The molecular formula is C16H14ClNO4S. The van der Waals surface area contributed by atoms with E-state index < -0.39 is 16.0 Å². The number of sulfonamides is 1. The van der Waals surface area contributed by atoms with E-state index in [9.17, 15) is 13.2 Å². The fourth-order valence-corrected chi connectivity index (χ4v) is 4.66. The molecule has 3 rings (SSSR count). The summed E-state index contributed by atoms with van der Waals surface area (Å²) in [4.78, 5) is 11.1. The molecule has 5 nitrogen and oxygen atoms in total. The molecule has 0 spiro atoms. The zero-order valence-electron chi connectivity index (χ0n) is 12.0. The number of carboxylic acid groups (broad SMARTS) is 1. The van der Waals surface area contributed by atoms with E-state index in [-0.39, 0.29) is 23.8 Å². The Morgan fingerprint density at radius 2 is 1.96 bits per heavy atom. The van der Waals surface area contributed by atoms with Gasteiger partial charge in [-0.2, -0.15) is 0 Å². The summed E-state index contributed by atoms with van der Waals surface area (Å²) in [5.74, 6) is -1.32. The second-order valence-corrected chi connectivity index (χ2v) is 7.65. The van der Waals surface area contributed by atoms with Gasteiger partial charge in [-0.25, -0.2) is 8.42 Å². The number of anilines is 1. The predicted molar refractivity (Wildman–Crippen MR) is 87.4 cm³/mol. The molecule has 23 heavy (non-hydrogen) atoms. The molecular weight excluding hydrogens is 338 g/mol. The molecule has 0 fully saturated rings. The molecule has 1 atom stereocenters. The van der Waals surface area contributed by atoms with Crippen LogP contribution in [0.1, 0.15) is 17.9 Å². The number of carbonyl (C=O) groups is 1. The Kier molecular flexibility index (Phi) is 4.04. The first kappa shape index (κ1) is 15.8. The number of fused-ring (bicyclic) bond motifs is 1. The summed E-state index contributed by atoms with van der Waals surface area (Å²) < 4.78 is 27.1. The first-order valence-electron chi connectivity index (χ1n) is 6.98. The van der Waals surface area contributed by atoms with Crippen molar-refractivity contribution in [1.82, 2.24) is 0 Å². The van der Waals surface area contributed by atoms with E-state index in [0.717, 1.165) is 5.56 Å². The number of carboxylic acids is 1. The molecule has 0 bridgehead atoms. The zero-order valence-corrected chi connectivity index (χ0v) is 13.6. The molecule has 1 aliphatic heterocycles. The molecule has 0 saturated carbocycles. The minimum atomic E-state index is -3.79. The van der Waals surface area contributed by atoms with E-state index >= 15 is 0 Å². The number of hydrogen-bond donors (Lipinski definition) is 1. The van der Waals surface area contributed by atoms with E-state index in [1.807, 2.05) is 0 Å². The van der Waals surface area contributed by atoms with Gasteiger partial charge < -0.3 is 5.11 Å². The summed E-state index contributed by atoms with van der Waals surface area (Å²) in [6, 6.07) is 13.0. The highest BCUT2D eigenvalue weighted by molar-refractivity contribution is 7.92. The number of rotatable bonds is 4. The predicted octanol–water partition coefficient (Wildman–Crippen LogP) is 3.11. The van der Waals surface area contributed by atoms with Crippen LogP contribution in [0.2, 0.25) is 5.02 Å². The van der Waals surface area contributed by atoms with Gasteiger partial charge in [0, 0.05) is 17.5 Å². The van der Waals surface area contributed by atoms with Crippen LogP contribution in [0.15, 0.2) is 53.4 Å². The highest BCUT2D eigenvalue weighted by atomic mass is 35.5. The third-order valence-electron chi connectivity index (χ3n) is 3.84. The van der Waals surface area contributed by atoms with Gasteiger partial charge in [-0.1, -0.05) is 35.9 Å². The van der Waals surface area contributed by atoms with Crippen LogP contribution in [0.5, 0.6) is 0 Å². The highest BCUT2D eigenvalue weighted by Gasteiger charge is 2.37. The van der Waals surface area contributed by atoms with Crippen molar-refractivity contribution in [3.63, 3.8) is 0 Å². The van der Waals surface area contributed by atoms with Crippen LogP contribution in [0, 0.1) is 0 Å². The fourth-order valence-electron chi connectivity index (χ4n) is 2.82. The summed E-state index contributed by atoms with van der Waals surface area (Å²) >= 11 is 5.89. The molecule has 1 heterocycles. The number of nitrogens with zero attached hydrogens (tertiary/aromatic N) is 1. The Morgan fingerprint density at radius 1 is 1.22 bits per heavy atom. The van der Waals surface area contributed by atoms with E-state index in [2.05, 4.69) is 0 Å². The molecule has 0 amide bonds. The van der Waals surface area contributed by atoms with Crippen LogP contribution < -0.4 is 4.31 Å². The minimum Gasteiger partial charge on any atom is -0.481 e. The van der Waals surface area contributed by atoms with Gasteiger partial charge in [0.25, 0.3) is 10.0 Å². The largest absolute Gasteiger partial charge is 0.481 e. The average molecular weight is 352 g/mol. The number of para-hydroxylation sites is 1. The summed E-state index contributed by atoms with van der Waals surface area (Å²) in [5.41, 5.74) is 1.26. The van der Waals surface area contributed by atoms with E-state index in [1.165, 1.54) is 16.4 Å². The fraction of sp³-hybridized carbons (Fsp3) is 0.188. The van der Waals surface area contributed by atoms with Crippen molar-refractivity contribution in [2.24, 2.45) is 0 Å². The monoisotopic (exact) mass is 351 g/mol. The quantitative estimate of drug-likeness (QED) is 0.918. The number of benzene rings is 2. The van der Waals surface area contributed by atoms with Crippen molar-refractivity contribution in [2.75, 3.05) is 10.8 Å². The maximum absolute atomic E-state index is 12.9. The van der Waals surface area contributed by atoms with Gasteiger partial charge in [-0.05, 0) is 29.8 Å². The van der Waals surface area contributed by atoms with Crippen LogP contribution in [0.3, 0.4) is 0 Å². The lowest BCUT2D eigenvalue weighted by Crippen LogP contribution is -2.30. The molecule has 0 unspecified atom stereocenters. The number of hydrogen-bond acceptors (Lipinski definition) is 3. The topological polar surface area (TPSA) is 74.7 Å². The second-order valence-electron chi connectivity index (χ2n) is 5.35. The lowest BCUT2D eigenvalue weighted by atomic mass is 9.98. The van der Waals surface area contributed by atoms with E-state index in [1.54, 1.807) is 36.4 Å². The lowest BCUT2D eigenvalue weighted by molar-refractivity contribution is -0.137. The van der Waals surface area contributed by atoms with E-state index in [4.69, 9.17) is 16.7 Å². The Morgan fingerprint density at radius 3 is 2.65 bits per heavy atom. The van der Waals surface area contributed by atoms with Crippen molar-refractivity contribution < 1.29 is 18.3 Å². The lowest BCUT2D eigenvalue weighted by Gasteiger charge is -2.20. The van der Waals surface area contributed by atoms with Gasteiger partial charge in [0.05, 0.1) is 17.0 Å². The number of aliphatic carboxylic acids is 1. The van der Waals surface area contributed by atoms with Crippen LogP contribution in [0.25, 0.3) is 0 Å². The summed E-state index contributed by atoms with van der Waals surface area (Å²) in [6.45, 7) is 0.112. The standard InChI is InChI=1S/C16H14ClNO4S/c17-12-4-3-5-13(9-12)23(21,22)18-10-11(8-16(19)20)14-6-1-2-7-15(14)18/h1-7,9,11H,8,10H2,(H,19,20)/t11-/m0/s1. The maximum Gasteiger partial charge on any atom is 0.304 e. The molecule has 2 aromatic carbocycles. The first-order chi connectivity index (χ1) is 10.9. The van der Waals surface area contributed by atoms with Crippen LogP contribution >= 0.6 is 11.6 Å². The Hall–Kier alpha value is -2.05. The molecule has 0 radical (unpaired) electrons. The third-order valence-corrected chi connectivity index (χ3v) is 5.85. The second kappa shape index (κ2) is 5.86. The molecule has 0 saturated heterocycles. The summed E-state index contributed by atoms with van der Waals surface area (Å²) in [7, 11) is -3.79. The molecule has 0 aromatic heterocycles. The molecule has 2 aromatic rings. The van der Waals surface area contributed by atoms with Crippen LogP contribution in [-0.2, 0) is 14.8 Å². The van der Waals surface area contributed by atoms with Gasteiger partial charge in [0.15, 0.2) is 0 Å². The van der Waals surface area contributed by atoms with Crippen molar-refractivity contribution in [3.05, 3.63) is 59.1 Å². The molecule has 1 N–H and O–H groups in total. The van der Waals surface area contributed by atoms with Crippen molar-refractivity contribution >= 4 is 33.3 Å². The summed E-state index contributed by atoms with van der Waals surface area (Å²) in [5, 5.41) is 9.39. The Balaban J connectivity index is 2.05. The molecule has 0 aliphatic carbocycles. The molecule has 1 aliphatic rings. The van der Waals surface area contributed by atoms with Crippen molar-refractivity contribution in [3.8, 4) is 0 Å². The van der Waals surface area contributed by atoms with Gasteiger partial charge in [0.2, 0.25) is 0 Å². The number of halogens is 1. The zero-order chi connectivity index (χ0) is 16.6. The maximum atomic E-state index is 12.9. The van der Waals surface area contributed by atoms with Crippen LogP contribution in [-0.4, -0.2) is 26.0 Å². The van der Waals surface area contributed by atoms with Gasteiger partial charge in [0.1, 0.15) is 0 Å². The third kappa shape index (κ3) is 2.92. The molecule has 7 heteroatoms. The minimum absolute atomic E-state index is 0.0933. The first-order valence-corrected chi connectivity index (χ1v) is 8.80. The van der Waals surface area contributed by atoms with Gasteiger partial charge in [-0.3, -0.25) is 9.10 Å². The normalized spacial score (nSPS) is 17.1. The summed E-state index contributed by atoms with van der Waals surface area (Å²) in [6.07, 6.45) is -0.113. The smallest absolute Gasteiger partial charge is 0.304 e. The van der Waals surface area contributed by atoms with E-state index in [0.29, 0.717) is 10.7 Å². The van der Waals surface area contributed by atoms with Crippen molar-refractivity contribution in [1.29, 1.82) is 0 Å². The van der Waals surface area contributed by atoms with Crippen LogP contribution in [0.4, 0.5) is 5.69 Å². The average Bonchev–Trinajstić information content (AvgIpc) is 2.86. The van der Waals surface area contributed by atoms with Crippen molar-refractivity contribution in [2.45, 2.75) is 17.2 Å².